The van der Waals surface area contributed by atoms with E-state index < -0.39 is 21.7 Å². The molecule has 3 rings (SSSR count). The smallest absolute Gasteiger partial charge is 0.243 e. The summed E-state index contributed by atoms with van der Waals surface area (Å²) in [4.78, 5) is 14.5. The lowest BCUT2D eigenvalue weighted by Crippen LogP contribution is -2.48. The first kappa shape index (κ1) is 20.2. The molecule has 2 unspecified atom stereocenters. The monoisotopic (exact) mass is 400 g/mol. The van der Waals surface area contributed by atoms with Gasteiger partial charge in [-0.25, -0.2) is 17.2 Å². The van der Waals surface area contributed by atoms with E-state index in [1.54, 1.807) is 0 Å². The van der Waals surface area contributed by atoms with E-state index in [1.807, 2.05) is 4.90 Å². The fourth-order valence-corrected chi connectivity index (χ4v) is 5.71. The molecule has 2 aliphatic heterocycles. The van der Waals surface area contributed by atoms with E-state index >= 15 is 0 Å². The van der Waals surface area contributed by atoms with Gasteiger partial charge in [0.1, 0.15) is 0 Å². The van der Waals surface area contributed by atoms with Crippen LogP contribution in [0.15, 0.2) is 23.1 Å². The molecule has 1 aromatic rings. The van der Waals surface area contributed by atoms with Gasteiger partial charge >= 0.3 is 0 Å². The molecule has 2 heterocycles. The van der Waals surface area contributed by atoms with Crippen LogP contribution in [0.4, 0.5) is 8.78 Å². The van der Waals surface area contributed by atoms with E-state index in [2.05, 4.69) is 13.8 Å². The van der Waals surface area contributed by atoms with Crippen LogP contribution in [0.1, 0.15) is 33.1 Å². The SMILES string of the molecule is CC1CC(C)CN(C(=O)C2CCN(S(=O)(=O)c3ccc(F)c(F)c3)CC2)C1. The van der Waals surface area contributed by atoms with Crippen molar-refractivity contribution < 1.29 is 22.0 Å². The van der Waals surface area contributed by atoms with Crippen LogP contribution in [0.3, 0.4) is 0 Å². The molecule has 0 saturated carbocycles. The molecule has 2 saturated heterocycles. The van der Waals surface area contributed by atoms with Gasteiger partial charge in [0.25, 0.3) is 0 Å². The van der Waals surface area contributed by atoms with Gasteiger partial charge in [0, 0.05) is 32.1 Å². The van der Waals surface area contributed by atoms with E-state index in [4.69, 9.17) is 0 Å². The quantitative estimate of drug-likeness (QED) is 0.784. The highest BCUT2D eigenvalue weighted by Gasteiger charge is 2.35. The molecule has 27 heavy (non-hydrogen) atoms. The van der Waals surface area contributed by atoms with Gasteiger partial charge in [0.05, 0.1) is 4.90 Å². The Morgan fingerprint density at radius 2 is 1.63 bits per heavy atom. The number of sulfonamides is 1. The van der Waals surface area contributed by atoms with E-state index in [9.17, 15) is 22.0 Å². The summed E-state index contributed by atoms with van der Waals surface area (Å²) in [6.07, 6.45) is 2.01. The van der Waals surface area contributed by atoms with Gasteiger partial charge in [-0.15, -0.1) is 0 Å². The molecule has 0 N–H and O–H groups in total. The van der Waals surface area contributed by atoms with E-state index in [-0.39, 0.29) is 29.8 Å². The minimum Gasteiger partial charge on any atom is -0.342 e. The van der Waals surface area contributed by atoms with Crippen molar-refractivity contribution in [1.29, 1.82) is 0 Å². The van der Waals surface area contributed by atoms with Crippen molar-refractivity contribution in [1.82, 2.24) is 9.21 Å². The number of halogens is 2. The Bertz CT molecular complexity index is 797. The number of nitrogens with zero attached hydrogens (tertiary/aromatic N) is 2. The Morgan fingerprint density at radius 1 is 1.04 bits per heavy atom. The molecule has 2 atom stereocenters. The first-order valence-corrected chi connectivity index (χ1v) is 10.9. The zero-order chi connectivity index (χ0) is 19.8. The summed E-state index contributed by atoms with van der Waals surface area (Å²) < 4.78 is 53.0. The van der Waals surface area contributed by atoms with Gasteiger partial charge in [-0.1, -0.05) is 13.8 Å². The normalized spacial score (nSPS) is 25.6. The second kappa shape index (κ2) is 7.83. The minimum atomic E-state index is -3.89. The average Bonchev–Trinajstić information content (AvgIpc) is 2.62. The number of piperidine rings is 2. The lowest BCUT2D eigenvalue weighted by Gasteiger charge is -2.39. The largest absolute Gasteiger partial charge is 0.342 e. The van der Waals surface area contributed by atoms with Gasteiger partial charge < -0.3 is 4.90 Å². The third-order valence-electron chi connectivity index (χ3n) is 5.51. The Morgan fingerprint density at radius 3 is 2.19 bits per heavy atom. The Hall–Kier alpha value is -1.54. The van der Waals surface area contributed by atoms with Gasteiger partial charge in [-0.2, -0.15) is 4.31 Å². The third kappa shape index (κ3) is 4.32. The summed E-state index contributed by atoms with van der Waals surface area (Å²) in [7, 11) is -3.89. The van der Waals surface area contributed by atoms with Crippen molar-refractivity contribution in [2.24, 2.45) is 17.8 Å². The molecular formula is C19H26F2N2O3S. The fourth-order valence-electron chi connectivity index (χ4n) is 4.23. The minimum absolute atomic E-state index is 0.110. The molecule has 150 valence electrons. The number of carbonyl (C=O) groups excluding carboxylic acids is 1. The molecule has 5 nitrogen and oxygen atoms in total. The predicted molar refractivity (Wildman–Crippen MR) is 97.4 cm³/mol. The van der Waals surface area contributed by atoms with Crippen LogP contribution in [-0.2, 0) is 14.8 Å². The summed E-state index contributed by atoms with van der Waals surface area (Å²) >= 11 is 0. The number of hydrogen-bond donors (Lipinski definition) is 0. The summed E-state index contributed by atoms with van der Waals surface area (Å²) in [5.74, 6) is -1.38. The topological polar surface area (TPSA) is 57.7 Å². The fraction of sp³-hybridized carbons (Fsp3) is 0.632. The van der Waals surface area contributed by atoms with Gasteiger partial charge in [-0.3, -0.25) is 4.79 Å². The summed E-state index contributed by atoms with van der Waals surface area (Å²) in [6, 6.07) is 2.59. The highest BCUT2D eigenvalue weighted by molar-refractivity contribution is 7.89. The first-order valence-electron chi connectivity index (χ1n) is 9.42. The van der Waals surface area contributed by atoms with Crippen molar-refractivity contribution in [3.8, 4) is 0 Å². The third-order valence-corrected chi connectivity index (χ3v) is 7.41. The second-order valence-corrected chi connectivity index (χ2v) is 9.88. The maximum absolute atomic E-state index is 13.4. The molecule has 0 aromatic heterocycles. The molecule has 0 spiro atoms. The van der Waals surface area contributed by atoms with E-state index in [0.717, 1.165) is 31.6 Å². The Balaban J connectivity index is 1.64. The number of amides is 1. The van der Waals surface area contributed by atoms with Crippen molar-refractivity contribution >= 4 is 15.9 Å². The zero-order valence-electron chi connectivity index (χ0n) is 15.7. The molecule has 8 heteroatoms. The van der Waals surface area contributed by atoms with Crippen molar-refractivity contribution in [3.63, 3.8) is 0 Å². The Kier molecular flexibility index (Phi) is 5.86. The van der Waals surface area contributed by atoms with Crippen LogP contribution in [-0.4, -0.2) is 49.7 Å². The summed E-state index contributed by atoms with van der Waals surface area (Å²) in [6.45, 7) is 6.22. The van der Waals surface area contributed by atoms with E-state index in [0.29, 0.717) is 30.7 Å². The van der Waals surface area contributed by atoms with Crippen LogP contribution in [0.2, 0.25) is 0 Å². The van der Waals surface area contributed by atoms with Crippen molar-refractivity contribution in [3.05, 3.63) is 29.8 Å². The second-order valence-electron chi connectivity index (χ2n) is 7.94. The summed E-state index contributed by atoms with van der Waals surface area (Å²) in [5, 5.41) is 0. The highest BCUT2D eigenvalue weighted by atomic mass is 32.2. The predicted octanol–water partition coefficient (Wildman–Crippen LogP) is 2.87. The van der Waals surface area contributed by atoms with Crippen LogP contribution in [0.25, 0.3) is 0 Å². The highest BCUT2D eigenvalue weighted by Crippen LogP contribution is 2.28. The van der Waals surface area contributed by atoms with Gasteiger partial charge in [-0.05, 0) is 49.3 Å². The number of likely N-dealkylation sites (tertiary alicyclic amines) is 1. The average molecular weight is 400 g/mol. The Labute approximate surface area is 159 Å². The van der Waals surface area contributed by atoms with Crippen LogP contribution in [0, 0.1) is 29.4 Å². The molecule has 0 bridgehead atoms. The number of benzene rings is 1. The van der Waals surface area contributed by atoms with Crippen LogP contribution >= 0.6 is 0 Å². The maximum atomic E-state index is 13.4. The molecule has 2 fully saturated rings. The molecule has 1 aromatic carbocycles. The standard InChI is InChI=1S/C19H26F2N2O3S/c1-13-9-14(2)12-22(11-13)19(24)15-5-7-23(8-6-15)27(25,26)16-3-4-17(20)18(21)10-16/h3-4,10,13-15H,5-9,11-12H2,1-2H3. The van der Waals surface area contributed by atoms with Gasteiger partial charge in [0.15, 0.2) is 11.6 Å². The lowest BCUT2D eigenvalue weighted by atomic mass is 9.89. The van der Waals surface area contributed by atoms with Gasteiger partial charge in [0.2, 0.25) is 15.9 Å². The van der Waals surface area contributed by atoms with Crippen LogP contribution in [0.5, 0.6) is 0 Å². The number of rotatable bonds is 3. The van der Waals surface area contributed by atoms with Crippen molar-refractivity contribution in [2.45, 2.75) is 38.0 Å². The molecule has 0 radical (unpaired) electrons. The van der Waals surface area contributed by atoms with Crippen molar-refractivity contribution in [2.75, 3.05) is 26.2 Å². The molecular weight excluding hydrogens is 374 g/mol. The van der Waals surface area contributed by atoms with Crippen LogP contribution < -0.4 is 0 Å². The molecule has 1 amide bonds. The molecule has 2 aliphatic rings. The number of hydrogen-bond acceptors (Lipinski definition) is 3. The number of carbonyl (C=O) groups is 1. The summed E-state index contributed by atoms with van der Waals surface area (Å²) in [5.41, 5.74) is 0. The lowest BCUT2D eigenvalue weighted by molar-refractivity contribution is -0.139. The first-order chi connectivity index (χ1) is 12.7. The molecule has 0 aliphatic carbocycles. The maximum Gasteiger partial charge on any atom is 0.243 e. The zero-order valence-corrected chi connectivity index (χ0v) is 16.5. The van der Waals surface area contributed by atoms with E-state index in [1.165, 1.54) is 4.31 Å².